The van der Waals surface area contributed by atoms with E-state index in [9.17, 15) is 14.6 Å². The molecule has 0 spiro atoms. The summed E-state index contributed by atoms with van der Waals surface area (Å²) in [5, 5.41) is 5.63. The molecular formula is C18H20N2O3S. The Balaban J connectivity index is 2.58. The first-order valence-corrected chi connectivity index (χ1v) is 8.89. The summed E-state index contributed by atoms with van der Waals surface area (Å²) in [5.74, 6) is -0.377. The van der Waals surface area contributed by atoms with Gasteiger partial charge >= 0.3 is 5.91 Å². The average molecular weight is 344 g/mol. The number of benzene rings is 1. The molecule has 5 nitrogen and oxygen atoms in total. The zero-order chi connectivity index (χ0) is 17.7. The third-order valence-corrected chi connectivity index (χ3v) is 5.61. The quantitative estimate of drug-likeness (QED) is 0.562. The highest BCUT2D eigenvalue weighted by atomic mass is 32.1. The van der Waals surface area contributed by atoms with Crippen molar-refractivity contribution in [3.8, 4) is 11.1 Å². The summed E-state index contributed by atoms with van der Waals surface area (Å²) in [7, 11) is 0. The number of nitroso groups, excluding NO2 is 2. The van der Waals surface area contributed by atoms with Gasteiger partial charge in [-0.05, 0) is 41.5 Å². The Morgan fingerprint density at radius 3 is 2.17 bits per heavy atom. The molecule has 0 aliphatic carbocycles. The summed E-state index contributed by atoms with van der Waals surface area (Å²) in [6, 6.07) is 7.78. The Labute approximate surface area is 145 Å². The van der Waals surface area contributed by atoms with Gasteiger partial charge in [0.15, 0.2) is 0 Å². The highest BCUT2D eigenvalue weighted by Gasteiger charge is 2.25. The zero-order valence-electron chi connectivity index (χ0n) is 14.0. The Morgan fingerprint density at radius 2 is 1.71 bits per heavy atom. The van der Waals surface area contributed by atoms with Gasteiger partial charge < -0.3 is 0 Å². The molecule has 0 saturated heterocycles. The van der Waals surface area contributed by atoms with Crippen LogP contribution < -0.4 is 0 Å². The summed E-state index contributed by atoms with van der Waals surface area (Å²) in [4.78, 5) is 34.8. The van der Waals surface area contributed by atoms with Crippen LogP contribution in [0.3, 0.4) is 0 Å². The smallest absolute Gasteiger partial charge is 0.262 e. The molecule has 1 aromatic heterocycles. The Hall–Kier alpha value is -2.21. The standard InChI is InChI=1S/C18H20N2O3S/c1-4-11(5-2)12-7-9-13(10-8-12)15-16(19-22)14(6-3)24-17(15)18(21)20-23/h7-11H,4-6H2,1-3H3. The van der Waals surface area contributed by atoms with Crippen molar-refractivity contribution in [2.45, 2.75) is 46.0 Å². The van der Waals surface area contributed by atoms with Crippen molar-refractivity contribution < 1.29 is 4.79 Å². The molecule has 0 aliphatic heterocycles. The van der Waals surface area contributed by atoms with E-state index < -0.39 is 5.91 Å². The van der Waals surface area contributed by atoms with E-state index in [1.807, 2.05) is 31.2 Å². The van der Waals surface area contributed by atoms with Gasteiger partial charge in [0.05, 0.1) is 0 Å². The summed E-state index contributed by atoms with van der Waals surface area (Å²) < 4.78 is 0. The fourth-order valence-electron chi connectivity index (χ4n) is 2.95. The number of carbonyl (C=O) groups is 1. The molecular weight excluding hydrogens is 324 g/mol. The van der Waals surface area contributed by atoms with E-state index in [0.29, 0.717) is 28.3 Å². The molecule has 126 valence electrons. The van der Waals surface area contributed by atoms with Crippen LogP contribution in [0.2, 0.25) is 0 Å². The lowest BCUT2D eigenvalue weighted by Gasteiger charge is -2.13. The van der Waals surface area contributed by atoms with Crippen molar-refractivity contribution in [1.29, 1.82) is 0 Å². The maximum absolute atomic E-state index is 11.9. The number of rotatable bonds is 7. The molecule has 0 aliphatic rings. The van der Waals surface area contributed by atoms with Crippen LogP contribution in [0.25, 0.3) is 11.1 Å². The van der Waals surface area contributed by atoms with Gasteiger partial charge in [-0.3, -0.25) is 4.79 Å². The van der Waals surface area contributed by atoms with E-state index in [4.69, 9.17) is 0 Å². The van der Waals surface area contributed by atoms with Crippen LogP contribution in [-0.2, 0) is 6.42 Å². The molecule has 0 unspecified atom stereocenters. The summed E-state index contributed by atoms with van der Waals surface area (Å²) >= 11 is 1.12. The molecule has 24 heavy (non-hydrogen) atoms. The molecule has 2 aromatic rings. The SMILES string of the molecule is CCc1sc(C(=O)N=O)c(-c2ccc(C(CC)CC)cc2)c1N=O. The van der Waals surface area contributed by atoms with E-state index in [1.54, 1.807) is 0 Å². The monoisotopic (exact) mass is 344 g/mol. The van der Waals surface area contributed by atoms with Crippen molar-refractivity contribution in [3.63, 3.8) is 0 Å². The van der Waals surface area contributed by atoms with Crippen molar-refractivity contribution in [2.24, 2.45) is 10.4 Å². The minimum absolute atomic E-state index is 0.187. The van der Waals surface area contributed by atoms with E-state index in [1.165, 1.54) is 5.56 Å². The highest BCUT2D eigenvalue weighted by molar-refractivity contribution is 7.15. The van der Waals surface area contributed by atoms with Crippen LogP contribution in [-0.4, -0.2) is 5.91 Å². The van der Waals surface area contributed by atoms with Crippen LogP contribution in [0.1, 0.15) is 59.6 Å². The normalized spacial score (nSPS) is 10.8. The highest BCUT2D eigenvalue weighted by Crippen LogP contribution is 2.43. The number of amides is 1. The van der Waals surface area contributed by atoms with Crippen molar-refractivity contribution in [1.82, 2.24) is 0 Å². The first-order valence-electron chi connectivity index (χ1n) is 8.08. The van der Waals surface area contributed by atoms with E-state index in [0.717, 1.165) is 24.2 Å². The van der Waals surface area contributed by atoms with E-state index >= 15 is 0 Å². The van der Waals surface area contributed by atoms with Crippen LogP contribution in [0, 0.1) is 9.81 Å². The molecule has 0 N–H and O–H groups in total. The Bertz CT molecular complexity index is 746. The zero-order valence-corrected chi connectivity index (χ0v) is 14.9. The number of thiophene rings is 1. The number of carbonyl (C=O) groups excluding carboxylic acids is 1. The molecule has 2 rings (SSSR count). The third kappa shape index (κ3) is 3.33. The van der Waals surface area contributed by atoms with Crippen LogP contribution in [0.4, 0.5) is 5.69 Å². The lowest BCUT2D eigenvalue weighted by atomic mass is 9.92. The minimum Gasteiger partial charge on any atom is -0.262 e. The summed E-state index contributed by atoms with van der Waals surface area (Å²) in [5.41, 5.74) is 2.59. The predicted molar refractivity (Wildman–Crippen MR) is 98.0 cm³/mol. The lowest BCUT2D eigenvalue weighted by Crippen LogP contribution is -1.96. The Morgan fingerprint density at radius 1 is 1.08 bits per heavy atom. The van der Waals surface area contributed by atoms with Gasteiger partial charge in [-0.2, -0.15) is 0 Å². The molecule has 1 aromatic carbocycles. The molecule has 6 heteroatoms. The van der Waals surface area contributed by atoms with Gasteiger partial charge in [-0.15, -0.1) is 21.2 Å². The van der Waals surface area contributed by atoms with Gasteiger partial charge in [0, 0.05) is 15.6 Å². The number of nitrogens with zero attached hydrogens (tertiary/aromatic N) is 2. The first kappa shape index (κ1) is 18.1. The summed E-state index contributed by atoms with van der Waals surface area (Å²) in [6.45, 7) is 6.17. The largest absolute Gasteiger partial charge is 0.327 e. The van der Waals surface area contributed by atoms with Crippen molar-refractivity contribution >= 4 is 22.9 Å². The van der Waals surface area contributed by atoms with Crippen molar-refractivity contribution in [3.05, 3.63) is 49.4 Å². The average Bonchev–Trinajstić information content (AvgIpc) is 3.01. The fraction of sp³-hybridized carbons (Fsp3) is 0.389. The van der Waals surface area contributed by atoms with Crippen molar-refractivity contribution in [2.75, 3.05) is 0 Å². The number of hydrogen-bond acceptors (Lipinski definition) is 5. The molecule has 0 fully saturated rings. The van der Waals surface area contributed by atoms with E-state index in [-0.39, 0.29) is 10.6 Å². The minimum atomic E-state index is -0.858. The van der Waals surface area contributed by atoms with Crippen LogP contribution in [0.5, 0.6) is 0 Å². The molecule has 0 atom stereocenters. The molecule has 1 amide bonds. The van der Waals surface area contributed by atoms with E-state index in [2.05, 4.69) is 24.2 Å². The summed E-state index contributed by atoms with van der Waals surface area (Å²) in [6.07, 6.45) is 2.67. The lowest BCUT2D eigenvalue weighted by molar-refractivity contribution is 0.100. The van der Waals surface area contributed by atoms with Crippen LogP contribution >= 0.6 is 11.3 Å². The second-order valence-electron chi connectivity index (χ2n) is 5.55. The van der Waals surface area contributed by atoms with Gasteiger partial charge in [0.2, 0.25) is 0 Å². The molecule has 0 radical (unpaired) electrons. The third-order valence-electron chi connectivity index (χ3n) is 4.30. The van der Waals surface area contributed by atoms with Gasteiger partial charge in [-0.1, -0.05) is 45.0 Å². The number of aryl methyl sites for hydroxylation is 1. The second-order valence-corrected chi connectivity index (χ2v) is 6.66. The maximum atomic E-state index is 11.9. The van der Waals surface area contributed by atoms with Gasteiger partial charge in [0.25, 0.3) is 0 Å². The van der Waals surface area contributed by atoms with Gasteiger partial charge in [0.1, 0.15) is 10.6 Å². The topological polar surface area (TPSA) is 75.9 Å². The number of hydrogen-bond donors (Lipinski definition) is 0. The predicted octanol–water partition coefficient (Wildman–Crippen LogP) is 6.19. The van der Waals surface area contributed by atoms with Crippen LogP contribution in [0.15, 0.2) is 34.6 Å². The molecule has 1 heterocycles. The maximum Gasteiger partial charge on any atom is 0.327 e. The molecule has 0 saturated carbocycles. The fourth-order valence-corrected chi connectivity index (χ4v) is 4.02. The second kappa shape index (κ2) is 8.06. The van der Waals surface area contributed by atoms with Gasteiger partial charge in [-0.25, -0.2) is 0 Å². The first-order chi connectivity index (χ1) is 11.6. The molecule has 0 bridgehead atoms. The Kier molecular flexibility index (Phi) is 6.09.